The maximum Gasteiger partial charge on any atom is 0.119 e. The summed E-state index contributed by atoms with van der Waals surface area (Å²) in [6.07, 6.45) is 1.24. The SMILES string of the molecule is CCSC(O)CCOc1ccc(C(C)(C)c2ccc(OCCC(O)SCC)cc2)cc1. The number of hydrogen-bond donors (Lipinski definition) is 2. The number of aliphatic hydroxyl groups excluding tert-OH is 2. The van der Waals surface area contributed by atoms with Gasteiger partial charge in [0.15, 0.2) is 0 Å². The number of hydrogen-bond acceptors (Lipinski definition) is 6. The van der Waals surface area contributed by atoms with Crippen molar-refractivity contribution in [2.75, 3.05) is 24.7 Å². The van der Waals surface area contributed by atoms with Crippen LogP contribution in [0.5, 0.6) is 11.5 Å². The lowest BCUT2D eigenvalue weighted by Gasteiger charge is -2.26. The van der Waals surface area contributed by atoms with Crippen molar-refractivity contribution < 1.29 is 19.7 Å². The Morgan fingerprint density at radius 3 is 1.39 bits per heavy atom. The average molecular weight is 465 g/mol. The predicted octanol–water partition coefficient (Wildman–Crippen LogP) is 5.69. The zero-order chi connectivity index (χ0) is 22.7. The molecule has 2 N–H and O–H groups in total. The van der Waals surface area contributed by atoms with Crippen LogP contribution in [0.4, 0.5) is 0 Å². The van der Waals surface area contributed by atoms with E-state index < -0.39 is 0 Å². The van der Waals surface area contributed by atoms with Crippen molar-refractivity contribution in [1.29, 1.82) is 0 Å². The summed E-state index contributed by atoms with van der Waals surface area (Å²) in [6.45, 7) is 9.49. The van der Waals surface area contributed by atoms with E-state index in [4.69, 9.17) is 9.47 Å². The lowest BCUT2D eigenvalue weighted by Crippen LogP contribution is -2.18. The van der Waals surface area contributed by atoms with Gasteiger partial charge in [0, 0.05) is 18.3 Å². The Balaban J connectivity index is 1.90. The van der Waals surface area contributed by atoms with Crippen molar-refractivity contribution in [3.05, 3.63) is 59.7 Å². The van der Waals surface area contributed by atoms with Crippen molar-refractivity contribution in [2.45, 2.75) is 56.8 Å². The molecule has 0 bridgehead atoms. The summed E-state index contributed by atoms with van der Waals surface area (Å²) in [7, 11) is 0. The van der Waals surface area contributed by atoms with Crippen LogP contribution >= 0.6 is 23.5 Å². The van der Waals surface area contributed by atoms with Crippen LogP contribution in [-0.2, 0) is 5.41 Å². The highest BCUT2D eigenvalue weighted by Crippen LogP contribution is 2.33. The second-order valence-electron chi connectivity index (χ2n) is 7.77. The van der Waals surface area contributed by atoms with Gasteiger partial charge < -0.3 is 19.7 Å². The van der Waals surface area contributed by atoms with Crippen LogP contribution in [0, 0.1) is 0 Å². The Kier molecular flexibility index (Phi) is 11.1. The second-order valence-corrected chi connectivity index (χ2v) is 10.7. The molecule has 0 spiro atoms. The summed E-state index contributed by atoms with van der Waals surface area (Å²) in [5.74, 6) is 3.44. The summed E-state index contributed by atoms with van der Waals surface area (Å²) >= 11 is 3.07. The van der Waals surface area contributed by atoms with Crippen molar-refractivity contribution in [2.24, 2.45) is 0 Å². The Labute approximate surface area is 195 Å². The van der Waals surface area contributed by atoms with Gasteiger partial charge in [0.1, 0.15) is 22.4 Å². The van der Waals surface area contributed by atoms with Crippen LogP contribution in [-0.4, -0.2) is 45.8 Å². The molecule has 0 aliphatic carbocycles. The minimum Gasteiger partial charge on any atom is -0.493 e. The maximum atomic E-state index is 9.78. The first-order valence-electron chi connectivity index (χ1n) is 10.9. The van der Waals surface area contributed by atoms with E-state index in [1.165, 1.54) is 34.7 Å². The molecule has 2 aromatic rings. The molecule has 31 heavy (non-hydrogen) atoms. The molecule has 0 aliphatic rings. The standard InChI is InChI=1S/C25H36O4S2/c1-5-30-23(26)15-17-28-21-11-7-19(8-12-21)25(3,4)20-9-13-22(14-10-20)29-18-16-24(27)31-6-2/h7-14,23-24,26-27H,5-6,15-18H2,1-4H3. The van der Waals surface area contributed by atoms with Crippen LogP contribution in [0.1, 0.15) is 51.7 Å². The summed E-state index contributed by atoms with van der Waals surface area (Å²) in [4.78, 5) is 0. The molecule has 0 aliphatic heterocycles. The molecule has 172 valence electrons. The molecule has 0 saturated heterocycles. The molecule has 4 nitrogen and oxygen atoms in total. The summed E-state index contributed by atoms with van der Waals surface area (Å²) in [6, 6.07) is 16.4. The monoisotopic (exact) mass is 464 g/mol. The third-order valence-corrected chi connectivity index (χ3v) is 7.04. The molecule has 0 aromatic heterocycles. The lowest BCUT2D eigenvalue weighted by atomic mass is 9.78. The molecule has 0 radical (unpaired) electrons. The molecule has 2 atom stereocenters. The molecule has 2 unspecified atom stereocenters. The number of rotatable bonds is 14. The van der Waals surface area contributed by atoms with Crippen LogP contribution in [0.25, 0.3) is 0 Å². The molecule has 6 heteroatoms. The number of aliphatic hydroxyl groups is 2. The first-order valence-corrected chi connectivity index (χ1v) is 13.0. The molecule has 2 rings (SSSR count). The van der Waals surface area contributed by atoms with Gasteiger partial charge in [-0.15, -0.1) is 23.5 Å². The van der Waals surface area contributed by atoms with Crippen molar-refractivity contribution >= 4 is 23.5 Å². The quantitative estimate of drug-likeness (QED) is 0.350. The second kappa shape index (κ2) is 13.3. The van der Waals surface area contributed by atoms with Crippen LogP contribution < -0.4 is 9.47 Å². The van der Waals surface area contributed by atoms with E-state index in [1.807, 2.05) is 38.1 Å². The Hall–Kier alpha value is -1.34. The highest BCUT2D eigenvalue weighted by molar-refractivity contribution is 7.99. The molecular weight excluding hydrogens is 428 g/mol. The van der Waals surface area contributed by atoms with E-state index in [-0.39, 0.29) is 16.3 Å². The Morgan fingerprint density at radius 2 is 1.06 bits per heavy atom. The fourth-order valence-electron chi connectivity index (χ4n) is 3.21. The van der Waals surface area contributed by atoms with Crippen LogP contribution in [0.3, 0.4) is 0 Å². The smallest absolute Gasteiger partial charge is 0.119 e. The average Bonchev–Trinajstić information content (AvgIpc) is 2.75. The zero-order valence-corrected chi connectivity index (χ0v) is 20.7. The van der Waals surface area contributed by atoms with Crippen molar-refractivity contribution in [3.63, 3.8) is 0 Å². The van der Waals surface area contributed by atoms with Crippen LogP contribution in [0.15, 0.2) is 48.5 Å². The minimum absolute atomic E-state index is 0.154. The number of thioether (sulfide) groups is 2. The van der Waals surface area contributed by atoms with Gasteiger partial charge in [-0.2, -0.15) is 0 Å². The van der Waals surface area contributed by atoms with Crippen molar-refractivity contribution in [1.82, 2.24) is 0 Å². The van der Waals surface area contributed by atoms with E-state index >= 15 is 0 Å². The molecule has 2 aromatic carbocycles. The topological polar surface area (TPSA) is 58.9 Å². The molecule has 0 saturated carbocycles. The third kappa shape index (κ3) is 8.60. The normalized spacial score (nSPS) is 13.6. The fourth-order valence-corrected chi connectivity index (χ4v) is 4.50. The van der Waals surface area contributed by atoms with Gasteiger partial charge in [0.25, 0.3) is 0 Å². The minimum atomic E-state index is -0.365. The third-order valence-electron chi connectivity index (χ3n) is 5.14. The number of ether oxygens (including phenoxy) is 2. The summed E-state index contributed by atoms with van der Waals surface area (Å²) in [5, 5.41) is 19.6. The molecular formula is C25H36O4S2. The highest BCUT2D eigenvalue weighted by atomic mass is 32.2. The van der Waals surface area contributed by atoms with Crippen molar-refractivity contribution in [3.8, 4) is 11.5 Å². The zero-order valence-electron chi connectivity index (χ0n) is 19.0. The fraction of sp³-hybridized carbons (Fsp3) is 0.520. The van der Waals surface area contributed by atoms with Gasteiger partial charge >= 0.3 is 0 Å². The lowest BCUT2D eigenvalue weighted by molar-refractivity contribution is 0.208. The number of benzene rings is 2. The maximum absolute atomic E-state index is 9.78. The predicted molar refractivity (Wildman–Crippen MR) is 134 cm³/mol. The summed E-state index contributed by atoms with van der Waals surface area (Å²) < 4.78 is 11.5. The van der Waals surface area contributed by atoms with E-state index in [0.29, 0.717) is 26.1 Å². The molecule has 0 heterocycles. The van der Waals surface area contributed by atoms with Gasteiger partial charge in [-0.1, -0.05) is 52.0 Å². The van der Waals surface area contributed by atoms with Gasteiger partial charge in [0.2, 0.25) is 0 Å². The van der Waals surface area contributed by atoms with E-state index in [0.717, 1.165) is 23.0 Å². The van der Waals surface area contributed by atoms with Crippen LogP contribution in [0.2, 0.25) is 0 Å². The summed E-state index contributed by atoms with van der Waals surface area (Å²) in [5.41, 5.74) is 1.52. The highest BCUT2D eigenvalue weighted by Gasteiger charge is 2.23. The first kappa shape index (κ1) is 25.9. The van der Waals surface area contributed by atoms with E-state index in [1.54, 1.807) is 0 Å². The Bertz CT molecular complexity index is 684. The first-order chi connectivity index (χ1) is 14.9. The van der Waals surface area contributed by atoms with Gasteiger partial charge in [0.05, 0.1) is 13.2 Å². The molecule has 0 fully saturated rings. The molecule has 0 amide bonds. The Morgan fingerprint density at radius 1 is 0.710 bits per heavy atom. The van der Waals surface area contributed by atoms with E-state index in [2.05, 4.69) is 38.1 Å². The largest absolute Gasteiger partial charge is 0.493 e. The van der Waals surface area contributed by atoms with Gasteiger partial charge in [-0.05, 0) is 46.9 Å². The van der Waals surface area contributed by atoms with E-state index in [9.17, 15) is 10.2 Å². The van der Waals surface area contributed by atoms with Gasteiger partial charge in [-0.25, -0.2) is 0 Å². The van der Waals surface area contributed by atoms with Gasteiger partial charge in [-0.3, -0.25) is 0 Å².